The van der Waals surface area contributed by atoms with E-state index in [1.54, 1.807) is 0 Å². The van der Waals surface area contributed by atoms with E-state index in [2.05, 4.69) is 25.7 Å². The summed E-state index contributed by atoms with van der Waals surface area (Å²) in [6.45, 7) is 8.77. The van der Waals surface area contributed by atoms with Crippen molar-refractivity contribution < 1.29 is 4.79 Å². The van der Waals surface area contributed by atoms with Crippen molar-refractivity contribution in [2.75, 3.05) is 24.6 Å². The van der Waals surface area contributed by atoms with Gasteiger partial charge in [0, 0.05) is 25.3 Å². The van der Waals surface area contributed by atoms with Crippen LogP contribution in [0.25, 0.3) is 0 Å². The highest BCUT2D eigenvalue weighted by Crippen LogP contribution is 2.14. The van der Waals surface area contributed by atoms with E-state index in [-0.39, 0.29) is 0 Å². The Balaban J connectivity index is 3.93. The second-order valence-electron chi connectivity index (χ2n) is 10.1. The molecule has 3 heteroatoms. The summed E-state index contributed by atoms with van der Waals surface area (Å²) >= 11 is 1.94. The average Bonchev–Trinajstić information content (AvgIpc) is 2.82. The second kappa shape index (κ2) is 28.1. The maximum absolute atomic E-state index is 12.8. The first-order chi connectivity index (χ1) is 16.3. The number of hydrogen-bond donors (Lipinski definition) is 0. The van der Waals surface area contributed by atoms with E-state index in [0.29, 0.717) is 5.91 Å². The SMILES string of the molecule is CCCCCCCCCCCCN(CCCCCCCCCCCC)C(=O)CCSCCC. The molecule has 1 amide bonds. The predicted molar refractivity (Wildman–Crippen MR) is 153 cm³/mol. The summed E-state index contributed by atoms with van der Waals surface area (Å²) in [7, 11) is 0. The second-order valence-corrected chi connectivity index (χ2v) is 11.3. The Morgan fingerprint density at radius 2 is 0.848 bits per heavy atom. The summed E-state index contributed by atoms with van der Waals surface area (Å²) in [4.78, 5) is 15.0. The molecule has 0 saturated carbocycles. The van der Waals surface area contributed by atoms with Crippen LogP contribution < -0.4 is 0 Å². The molecule has 0 rings (SSSR count). The van der Waals surface area contributed by atoms with Crippen LogP contribution in [-0.2, 0) is 4.79 Å². The van der Waals surface area contributed by atoms with Gasteiger partial charge in [0.2, 0.25) is 5.91 Å². The van der Waals surface area contributed by atoms with E-state index in [0.717, 1.165) is 25.3 Å². The first-order valence-corrected chi connectivity index (χ1v) is 16.3. The minimum absolute atomic E-state index is 0.408. The van der Waals surface area contributed by atoms with Crippen LogP contribution in [0.15, 0.2) is 0 Å². The van der Waals surface area contributed by atoms with Crippen LogP contribution >= 0.6 is 11.8 Å². The molecule has 0 unspecified atom stereocenters. The van der Waals surface area contributed by atoms with Crippen molar-refractivity contribution in [1.82, 2.24) is 4.90 Å². The summed E-state index contributed by atoms with van der Waals surface area (Å²) in [6, 6.07) is 0. The molecule has 0 spiro atoms. The fourth-order valence-electron chi connectivity index (χ4n) is 4.51. The lowest BCUT2D eigenvalue weighted by Gasteiger charge is -2.23. The average molecular weight is 484 g/mol. The Morgan fingerprint density at radius 3 is 1.21 bits per heavy atom. The van der Waals surface area contributed by atoms with E-state index in [4.69, 9.17) is 0 Å². The Bertz CT molecular complexity index is 363. The smallest absolute Gasteiger partial charge is 0.223 e. The molecule has 0 aliphatic rings. The van der Waals surface area contributed by atoms with Crippen LogP contribution in [0, 0.1) is 0 Å². The zero-order chi connectivity index (χ0) is 24.2. The number of rotatable bonds is 27. The van der Waals surface area contributed by atoms with Crippen molar-refractivity contribution in [3.63, 3.8) is 0 Å². The van der Waals surface area contributed by atoms with Crippen LogP contribution in [0.1, 0.15) is 162 Å². The lowest BCUT2D eigenvalue weighted by molar-refractivity contribution is -0.130. The summed E-state index contributed by atoms with van der Waals surface area (Å²) in [5.74, 6) is 2.59. The van der Waals surface area contributed by atoms with Gasteiger partial charge in [0.15, 0.2) is 0 Å². The van der Waals surface area contributed by atoms with E-state index in [1.807, 2.05) is 11.8 Å². The van der Waals surface area contributed by atoms with Gasteiger partial charge in [0.25, 0.3) is 0 Å². The first-order valence-electron chi connectivity index (χ1n) is 15.1. The van der Waals surface area contributed by atoms with Crippen LogP contribution in [0.2, 0.25) is 0 Å². The molecule has 0 atom stereocenters. The molecule has 198 valence electrons. The first kappa shape index (κ1) is 32.8. The number of nitrogens with zero attached hydrogens (tertiary/aromatic N) is 1. The molecule has 0 bridgehead atoms. The van der Waals surface area contributed by atoms with E-state index in [1.165, 1.54) is 141 Å². The largest absolute Gasteiger partial charge is 0.343 e. The molecule has 0 N–H and O–H groups in total. The van der Waals surface area contributed by atoms with Gasteiger partial charge in [0.05, 0.1) is 0 Å². The van der Waals surface area contributed by atoms with Crippen LogP contribution in [0.5, 0.6) is 0 Å². The Morgan fingerprint density at radius 1 is 0.485 bits per heavy atom. The van der Waals surface area contributed by atoms with Gasteiger partial charge in [-0.05, 0) is 25.0 Å². The summed E-state index contributed by atoms with van der Waals surface area (Å²) < 4.78 is 0. The summed E-state index contributed by atoms with van der Waals surface area (Å²) in [6.07, 6.45) is 29.2. The molecule has 0 aliphatic carbocycles. The monoisotopic (exact) mass is 483 g/mol. The zero-order valence-corrected chi connectivity index (χ0v) is 24.0. The third-order valence-corrected chi connectivity index (χ3v) is 7.91. The molecule has 0 fully saturated rings. The van der Waals surface area contributed by atoms with Crippen molar-refractivity contribution in [2.45, 2.75) is 162 Å². The van der Waals surface area contributed by atoms with Gasteiger partial charge in [-0.3, -0.25) is 4.79 Å². The number of thioether (sulfide) groups is 1. The Kier molecular flexibility index (Phi) is 27.9. The van der Waals surface area contributed by atoms with Crippen LogP contribution in [0.3, 0.4) is 0 Å². The van der Waals surface area contributed by atoms with Crippen molar-refractivity contribution in [3.05, 3.63) is 0 Å². The van der Waals surface area contributed by atoms with Crippen LogP contribution in [0.4, 0.5) is 0 Å². The third kappa shape index (κ3) is 24.7. The fraction of sp³-hybridized carbons (Fsp3) is 0.967. The molecule has 0 aromatic carbocycles. The predicted octanol–water partition coefficient (Wildman–Crippen LogP) is 10.2. The van der Waals surface area contributed by atoms with Crippen molar-refractivity contribution in [1.29, 1.82) is 0 Å². The standard InChI is InChI=1S/C30H61NOS/c1-4-7-9-11-13-15-17-19-21-23-26-31(30(32)25-29-33-28-6-3)27-24-22-20-18-16-14-12-10-8-5-2/h4-29H2,1-3H3. The maximum atomic E-state index is 12.8. The molecule has 0 radical (unpaired) electrons. The topological polar surface area (TPSA) is 20.3 Å². The molecular weight excluding hydrogens is 422 g/mol. The highest BCUT2D eigenvalue weighted by molar-refractivity contribution is 7.99. The molecule has 0 aliphatic heterocycles. The Hall–Kier alpha value is -0.180. The number of carbonyl (C=O) groups is 1. The van der Waals surface area contributed by atoms with E-state index < -0.39 is 0 Å². The summed E-state index contributed by atoms with van der Waals surface area (Å²) in [5, 5.41) is 0. The minimum atomic E-state index is 0.408. The van der Waals surface area contributed by atoms with Gasteiger partial charge >= 0.3 is 0 Å². The highest BCUT2D eigenvalue weighted by atomic mass is 32.2. The number of unbranched alkanes of at least 4 members (excludes halogenated alkanes) is 18. The normalized spacial score (nSPS) is 11.2. The molecule has 0 aromatic rings. The quantitative estimate of drug-likeness (QED) is 0.108. The van der Waals surface area contributed by atoms with Crippen molar-refractivity contribution in [3.8, 4) is 0 Å². The highest BCUT2D eigenvalue weighted by Gasteiger charge is 2.12. The minimum Gasteiger partial charge on any atom is -0.343 e. The molecule has 33 heavy (non-hydrogen) atoms. The van der Waals surface area contributed by atoms with Gasteiger partial charge in [0.1, 0.15) is 0 Å². The maximum Gasteiger partial charge on any atom is 0.223 e. The van der Waals surface area contributed by atoms with Gasteiger partial charge in [-0.2, -0.15) is 11.8 Å². The lowest BCUT2D eigenvalue weighted by atomic mass is 10.1. The number of carbonyl (C=O) groups excluding carboxylic acids is 1. The number of hydrogen-bond acceptors (Lipinski definition) is 2. The third-order valence-electron chi connectivity index (χ3n) is 6.72. The van der Waals surface area contributed by atoms with Gasteiger partial charge in [-0.15, -0.1) is 0 Å². The van der Waals surface area contributed by atoms with Gasteiger partial charge < -0.3 is 4.90 Å². The van der Waals surface area contributed by atoms with Crippen molar-refractivity contribution in [2.24, 2.45) is 0 Å². The van der Waals surface area contributed by atoms with E-state index in [9.17, 15) is 4.79 Å². The van der Waals surface area contributed by atoms with Gasteiger partial charge in [-0.1, -0.05) is 136 Å². The molecule has 0 heterocycles. The van der Waals surface area contributed by atoms with Crippen LogP contribution in [-0.4, -0.2) is 35.4 Å². The molecule has 0 saturated heterocycles. The lowest BCUT2D eigenvalue weighted by Crippen LogP contribution is -2.33. The molecular formula is C30H61NOS. The van der Waals surface area contributed by atoms with Crippen molar-refractivity contribution >= 4 is 17.7 Å². The molecule has 0 aromatic heterocycles. The zero-order valence-electron chi connectivity index (χ0n) is 23.1. The van der Waals surface area contributed by atoms with Gasteiger partial charge in [-0.25, -0.2) is 0 Å². The fourth-order valence-corrected chi connectivity index (χ4v) is 5.32. The summed E-state index contributed by atoms with van der Waals surface area (Å²) in [5.41, 5.74) is 0. The Labute approximate surface area is 213 Å². The molecule has 2 nitrogen and oxygen atoms in total. The van der Waals surface area contributed by atoms with E-state index >= 15 is 0 Å². The number of amides is 1.